The van der Waals surface area contributed by atoms with E-state index in [0.717, 1.165) is 22.6 Å². The SMILES string of the molecule is C1=CC=C(C2=C(C3=NOC=CC=C3)C=CSN=C2)NN=C1. The minimum atomic E-state index is 0.722. The molecule has 0 bridgehead atoms. The number of hydrazone groups is 1. The fraction of sp³-hybridized carbons (Fsp3) is 0. The van der Waals surface area contributed by atoms with Crippen LogP contribution in [0.1, 0.15) is 0 Å². The second-order valence-corrected chi connectivity index (χ2v) is 4.79. The summed E-state index contributed by atoms with van der Waals surface area (Å²) < 4.78 is 4.28. The molecule has 0 aromatic heterocycles. The summed E-state index contributed by atoms with van der Waals surface area (Å²) in [5, 5.41) is 10.1. The molecule has 0 aromatic carbocycles. The highest BCUT2D eigenvalue weighted by Crippen LogP contribution is 2.22. The maximum Gasteiger partial charge on any atom is 0.122 e. The molecule has 0 saturated heterocycles. The van der Waals surface area contributed by atoms with Crippen LogP contribution in [0.3, 0.4) is 0 Å². The lowest BCUT2D eigenvalue weighted by Gasteiger charge is -2.10. The zero-order chi connectivity index (χ0) is 14.3. The van der Waals surface area contributed by atoms with Gasteiger partial charge in [0.05, 0.1) is 5.70 Å². The molecule has 0 saturated carbocycles. The number of rotatable bonds is 2. The zero-order valence-corrected chi connectivity index (χ0v) is 11.8. The minimum absolute atomic E-state index is 0.722. The molecule has 0 amide bonds. The van der Waals surface area contributed by atoms with Crippen molar-refractivity contribution < 1.29 is 4.84 Å². The van der Waals surface area contributed by atoms with Crippen molar-refractivity contribution in [2.75, 3.05) is 0 Å². The molecule has 3 aliphatic rings. The van der Waals surface area contributed by atoms with Gasteiger partial charge in [-0.2, -0.15) is 5.10 Å². The van der Waals surface area contributed by atoms with Crippen LogP contribution in [0.25, 0.3) is 0 Å². The highest BCUT2D eigenvalue weighted by atomic mass is 32.2. The summed E-state index contributed by atoms with van der Waals surface area (Å²) >= 11 is 1.36. The van der Waals surface area contributed by atoms with Crippen LogP contribution in [-0.2, 0) is 4.84 Å². The molecule has 3 heterocycles. The Bertz CT molecular complexity index is 690. The fourth-order valence-corrected chi connectivity index (χ4v) is 2.27. The Balaban J connectivity index is 2.08. The second-order valence-electron chi connectivity index (χ2n) is 4.09. The van der Waals surface area contributed by atoms with Gasteiger partial charge < -0.3 is 4.84 Å². The Morgan fingerprint density at radius 1 is 1.05 bits per heavy atom. The van der Waals surface area contributed by atoms with E-state index in [9.17, 15) is 0 Å². The largest absolute Gasteiger partial charge is 0.364 e. The van der Waals surface area contributed by atoms with Crippen LogP contribution >= 0.6 is 11.9 Å². The zero-order valence-electron chi connectivity index (χ0n) is 11.0. The molecule has 1 N–H and O–H groups in total. The van der Waals surface area contributed by atoms with E-state index in [1.165, 1.54) is 18.2 Å². The topological polar surface area (TPSA) is 58.3 Å². The van der Waals surface area contributed by atoms with Crippen molar-refractivity contribution in [1.82, 2.24) is 5.43 Å². The molecule has 0 atom stereocenters. The molecular weight excluding hydrogens is 284 g/mol. The molecule has 0 radical (unpaired) electrons. The summed E-state index contributed by atoms with van der Waals surface area (Å²) in [6, 6.07) is 0. The van der Waals surface area contributed by atoms with Crippen molar-refractivity contribution >= 4 is 30.1 Å². The number of nitrogens with one attached hydrogen (secondary N) is 1. The summed E-state index contributed by atoms with van der Waals surface area (Å²) in [5.74, 6) is 0. The van der Waals surface area contributed by atoms with E-state index in [4.69, 9.17) is 4.84 Å². The molecule has 0 spiro atoms. The molecule has 0 aliphatic carbocycles. The van der Waals surface area contributed by atoms with Gasteiger partial charge in [-0.25, -0.2) is 4.40 Å². The van der Waals surface area contributed by atoms with Crippen LogP contribution in [-0.4, -0.2) is 18.1 Å². The molecule has 0 fully saturated rings. The smallest absolute Gasteiger partial charge is 0.122 e. The molecule has 5 nitrogen and oxygen atoms in total. The van der Waals surface area contributed by atoms with Gasteiger partial charge in [-0.15, -0.1) is 0 Å². The standard InChI is InChI=1S/C15H12N4OS/c1-3-8-16-18-14(5-1)13-11-17-21-10-7-12(13)15-6-2-4-9-20-19-15/h1-11,18H. The van der Waals surface area contributed by atoms with Crippen LogP contribution < -0.4 is 5.43 Å². The average Bonchev–Trinajstić information content (AvgIpc) is 3.01. The Hall–Kier alpha value is -2.60. The van der Waals surface area contributed by atoms with Crippen LogP contribution in [0.2, 0.25) is 0 Å². The third kappa shape index (κ3) is 3.29. The van der Waals surface area contributed by atoms with Gasteiger partial charge in [-0.1, -0.05) is 17.3 Å². The third-order valence-electron chi connectivity index (χ3n) is 2.77. The fourth-order valence-electron chi connectivity index (χ4n) is 1.84. The summed E-state index contributed by atoms with van der Waals surface area (Å²) in [6.07, 6.45) is 18.3. The van der Waals surface area contributed by atoms with E-state index >= 15 is 0 Å². The van der Waals surface area contributed by atoms with Gasteiger partial charge in [-0.05, 0) is 35.8 Å². The van der Waals surface area contributed by atoms with Crippen LogP contribution in [0.4, 0.5) is 0 Å². The first-order valence-electron chi connectivity index (χ1n) is 6.29. The van der Waals surface area contributed by atoms with E-state index < -0.39 is 0 Å². The predicted octanol–water partition coefficient (Wildman–Crippen LogP) is 3.01. The van der Waals surface area contributed by atoms with E-state index in [1.54, 1.807) is 18.5 Å². The molecule has 3 rings (SSSR count). The highest BCUT2D eigenvalue weighted by Gasteiger charge is 2.15. The quantitative estimate of drug-likeness (QED) is 0.797. The van der Waals surface area contributed by atoms with Crippen molar-refractivity contribution in [1.29, 1.82) is 0 Å². The number of allylic oxidation sites excluding steroid dienone is 9. The van der Waals surface area contributed by atoms with Crippen LogP contribution in [0.15, 0.2) is 85.7 Å². The Morgan fingerprint density at radius 2 is 2.05 bits per heavy atom. The number of hydrogen-bond donors (Lipinski definition) is 1. The van der Waals surface area contributed by atoms with Gasteiger partial charge in [0.1, 0.15) is 12.0 Å². The number of nitrogens with zero attached hydrogens (tertiary/aromatic N) is 3. The van der Waals surface area contributed by atoms with Gasteiger partial charge in [0.2, 0.25) is 0 Å². The molecule has 3 aliphatic heterocycles. The monoisotopic (exact) mass is 296 g/mol. The van der Waals surface area contributed by atoms with Crippen molar-refractivity contribution in [3.05, 3.63) is 71.0 Å². The maximum atomic E-state index is 5.10. The first-order valence-corrected chi connectivity index (χ1v) is 7.12. The van der Waals surface area contributed by atoms with Crippen molar-refractivity contribution in [2.24, 2.45) is 14.7 Å². The highest BCUT2D eigenvalue weighted by molar-refractivity contribution is 8.01. The molecule has 6 heteroatoms. The van der Waals surface area contributed by atoms with Crippen LogP contribution in [0.5, 0.6) is 0 Å². The summed E-state index contributed by atoms with van der Waals surface area (Å²) in [5.41, 5.74) is 6.38. The summed E-state index contributed by atoms with van der Waals surface area (Å²) in [6.45, 7) is 0. The predicted molar refractivity (Wildman–Crippen MR) is 87.9 cm³/mol. The van der Waals surface area contributed by atoms with Crippen molar-refractivity contribution in [3.8, 4) is 0 Å². The van der Waals surface area contributed by atoms with E-state index in [-0.39, 0.29) is 0 Å². The Morgan fingerprint density at radius 3 is 3.05 bits per heavy atom. The molecule has 21 heavy (non-hydrogen) atoms. The van der Waals surface area contributed by atoms with E-state index in [0.29, 0.717) is 0 Å². The van der Waals surface area contributed by atoms with Gasteiger partial charge in [0, 0.05) is 35.5 Å². The lowest BCUT2D eigenvalue weighted by molar-refractivity contribution is 0.270. The maximum absolute atomic E-state index is 5.10. The lowest BCUT2D eigenvalue weighted by atomic mass is 10.0. The van der Waals surface area contributed by atoms with E-state index in [2.05, 4.69) is 20.1 Å². The van der Waals surface area contributed by atoms with Crippen LogP contribution in [0, 0.1) is 0 Å². The Kier molecular flexibility index (Phi) is 4.28. The molecular formula is C15H12N4OS. The van der Waals surface area contributed by atoms with Gasteiger partial charge in [0.15, 0.2) is 0 Å². The molecule has 0 aromatic rings. The van der Waals surface area contributed by atoms with E-state index in [1.807, 2.05) is 41.9 Å². The summed E-state index contributed by atoms with van der Waals surface area (Å²) in [7, 11) is 0. The lowest BCUT2D eigenvalue weighted by Crippen LogP contribution is -2.12. The number of hydrogen-bond acceptors (Lipinski definition) is 6. The van der Waals surface area contributed by atoms with Gasteiger partial charge >= 0.3 is 0 Å². The number of oxime groups is 1. The minimum Gasteiger partial charge on any atom is -0.364 e. The first-order chi connectivity index (χ1) is 10.4. The normalized spacial score (nSPS) is 20.2. The summed E-state index contributed by atoms with van der Waals surface area (Å²) in [4.78, 5) is 5.10. The Labute approximate surface area is 126 Å². The van der Waals surface area contributed by atoms with Crippen molar-refractivity contribution in [2.45, 2.75) is 0 Å². The van der Waals surface area contributed by atoms with Crippen molar-refractivity contribution in [3.63, 3.8) is 0 Å². The third-order valence-corrected chi connectivity index (χ3v) is 3.25. The van der Waals surface area contributed by atoms with Gasteiger partial charge in [-0.3, -0.25) is 5.43 Å². The van der Waals surface area contributed by atoms with Gasteiger partial charge in [0.25, 0.3) is 0 Å². The first kappa shape index (κ1) is 13.4. The second kappa shape index (κ2) is 6.71. The average molecular weight is 296 g/mol. The molecule has 0 unspecified atom stereocenters. The molecule has 104 valence electrons.